The number of hydrogen-bond donors (Lipinski definition) is 1. The zero-order valence-electron chi connectivity index (χ0n) is 9.55. The van der Waals surface area contributed by atoms with Crippen molar-refractivity contribution < 1.29 is 9.84 Å². The molecule has 0 saturated carbocycles. The molecule has 0 amide bonds. The zero-order valence-corrected chi connectivity index (χ0v) is 11.2. The smallest absolute Gasteiger partial charge is 0.116 e. The van der Waals surface area contributed by atoms with E-state index in [0.29, 0.717) is 5.75 Å². The molecule has 0 aliphatic heterocycles. The largest absolute Gasteiger partial charge is 0.508 e. The lowest BCUT2D eigenvalue weighted by Crippen LogP contribution is -1.95. The molecule has 0 unspecified atom stereocenters. The number of aromatic hydroxyl groups is 1. The van der Waals surface area contributed by atoms with E-state index >= 15 is 0 Å². The molecule has 0 bridgehead atoms. The van der Waals surface area contributed by atoms with Gasteiger partial charge in [0, 0.05) is 7.11 Å². The summed E-state index contributed by atoms with van der Waals surface area (Å²) in [5.74, 6) is 0.311. The minimum atomic E-state index is 0. The van der Waals surface area contributed by atoms with Crippen molar-refractivity contribution in [2.75, 3.05) is 13.7 Å². The number of methoxy groups -OCH3 is 1. The van der Waals surface area contributed by atoms with Gasteiger partial charge >= 0.3 is 0 Å². The van der Waals surface area contributed by atoms with Crippen molar-refractivity contribution in [3.63, 3.8) is 0 Å². The summed E-state index contributed by atoms with van der Waals surface area (Å²) in [6.45, 7) is 0.722. The van der Waals surface area contributed by atoms with Gasteiger partial charge in [-0.15, -0.1) is 24.8 Å². The van der Waals surface area contributed by atoms with E-state index in [0.717, 1.165) is 18.4 Å². The molecule has 0 atom stereocenters. The van der Waals surface area contributed by atoms with Crippen LogP contribution in [0.1, 0.15) is 5.56 Å². The van der Waals surface area contributed by atoms with Gasteiger partial charge in [-0.25, -0.2) is 0 Å². The first-order valence-electron chi connectivity index (χ1n) is 5.01. The van der Waals surface area contributed by atoms with Crippen LogP contribution in [-0.4, -0.2) is 18.8 Å². The van der Waals surface area contributed by atoms with Crippen LogP contribution in [0.25, 0.3) is 10.8 Å². The molecule has 17 heavy (non-hydrogen) atoms. The molecule has 0 saturated heterocycles. The highest BCUT2D eigenvalue weighted by Gasteiger charge is 2.01. The summed E-state index contributed by atoms with van der Waals surface area (Å²) in [6, 6.07) is 11.6. The zero-order chi connectivity index (χ0) is 10.7. The molecular weight excluding hydrogens is 259 g/mol. The van der Waals surface area contributed by atoms with Crippen molar-refractivity contribution in [1.82, 2.24) is 0 Å². The average Bonchev–Trinajstić information content (AvgIpc) is 2.25. The molecule has 0 fully saturated rings. The number of phenols is 1. The van der Waals surface area contributed by atoms with Gasteiger partial charge in [-0.2, -0.15) is 0 Å². The Labute approximate surface area is 113 Å². The van der Waals surface area contributed by atoms with Crippen LogP contribution in [0.3, 0.4) is 0 Å². The molecule has 0 aromatic heterocycles. The second-order valence-corrected chi connectivity index (χ2v) is 3.57. The molecule has 0 spiro atoms. The molecular formula is C13H16Cl2O2. The maximum absolute atomic E-state index is 9.37. The van der Waals surface area contributed by atoms with Crippen molar-refractivity contribution in [3.05, 3.63) is 42.0 Å². The third-order valence-corrected chi connectivity index (χ3v) is 2.53. The fraction of sp³-hybridized carbons (Fsp3) is 0.231. The van der Waals surface area contributed by atoms with Crippen LogP contribution in [0.15, 0.2) is 36.4 Å². The minimum absolute atomic E-state index is 0. The number of phenolic OH excluding ortho intramolecular Hbond substituents is 1. The van der Waals surface area contributed by atoms with Crippen LogP contribution in [0.2, 0.25) is 0 Å². The van der Waals surface area contributed by atoms with Crippen LogP contribution in [-0.2, 0) is 11.2 Å². The Hall–Kier alpha value is -0.960. The molecule has 2 nitrogen and oxygen atoms in total. The fourth-order valence-corrected chi connectivity index (χ4v) is 1.77. The van der Waals surface area contributed by atoms with E-state index in [1.165, 1.54) is 10.9 Å². The van der Waals surface area contributed by atoms with Crippen LogP contribution < -0.4 is 0 Å². The second-order valence-electron chi connectivity index (χ2n) is 3.57. The predicted molar refractivity (Wildman–Crippen MR) is 75.7 cm³/mol. The predicted octanol–water partition coefficient (Wildman–Crippen LogP) is 3.58. The van der Waals surface area contributed by atoms with Crippen LogP contribution in [0, 0.1) is 0 Å². The number of fused-ring (bicyclic) bond motifs is 1. The van der Waals surface area contributed by atoms with Gasteiger partial charge in [-0.1, -0.05) is 24.3 Å². The maximum Gasteiger partial charge on any atom is 0.116 e. The number of benzene rings is 2. The monoisotopic (exact) mass is 274 g/mol. The van der Waals surface area contributed by atoms with Gasteiger partial charge < -0.3 is 9.84 Å². The number of ether oxygens (including phenoxy) is 1. The Morgan fingerprint density at radius 3 is 2.59 bits per heavy atom. The van der Waals surface area contributed by atoms with Gasteiger partial charge in [-0.05, 0) is 34.9 Å². The summed E-state index contributed by atoms with van der Waals surface area (Å²) in [5.41, 5.74) is 1.26. The SMILES string of the molecule is COCCc1cccc2cc(O)ccc12.Cl.Cl. The summed E-state index contributed by atoms with van der Waals surface area (Å²) in [4.78, 5) is 0. The number of halogens is 2. The topological polar surface area (TPSA) is 29.5 Å². The lowest BCUT2D eigenvalue weighted by Gasteiger charge is -2.06. The Morgan fingerprint density at radius 2 is 1.88 bits per heavy atom. The highest BCUT2D eigenvalue weighted by molar-refractivity contribution is 5.87. The molecule has 0 aliphatic carbocycles. The standard InChI is InChI=1S/C13H14O2.2ClH/c1-15-8-7-10-3-2-4-11-9-12(14)5-6-13(10)11;;/h2-6,9,14H,7-8H2,1H3;2*1H. The van der Waals surface area contributed by atoms with E-state index in [2.05, 4.69) is 6.07 Å². The van der Waals surface area contributed by atoms with Crippen molar-refractivity contribution in [1.29, 1.82) is 0 Å². The summed E-state index contributed by atoms with van der Waals surface area (Å²) < 4.78 is 5.07. The van der Waals surface area contributed by atoms with E-state index in [9.17, 15) is 5.11 Å². The third-order valence-electron chi connectivity index (χ3n) is 2.53. The van der Waals surface area contributed by atoms with Gasteiger partial charge in [0.15, 0.2) is 0 Å². The Kier molecular flexibility index (Phi) is 6.97. The summed E-state index contributed by atoms with van der Waals surface area (Å²) in [5, 5.41) is 11.6. The van der Waals surface area contributed by atoms with Gasteiger partial charge in [0.2, 0.25) is 0 Å². The van der Waals surface area contributed by atoms with Crippen LogP contribution in [0.4, 0.5) is 0 Å². The van der Waals surface area contributed by atoms with E-state index in [4.69, 9.17) is 4.74 Å². The summed E-state index contributed by atoms with van der Waals surface area (Å²) in [6.07, 6.45) is 0.901. The Morgan fingerprint density at radius 1 is 1.12 bits per heavy atom. The van der Waals surface area contributed by atoms with Crippen molar-refractivity contribution in [3.8, 4) is 5.75 Å². The Balaban J connectivity index is 0.00000128. The number of hydrogen-bond acceptors (Lipinski definition) is 2. The highest BCUT2D eigenvalue weighted by atomic mass is 35.5. The molecule has 0 aliphatic rings. The Bertz CT molecular complexity index is 472. The second kappa shape index (κ2) is 7.38. The van der Waals surface area contributed by atoms with Crippen LogP contribution >= 0.6 is 24.8 Å². The van der Waals surface area contributed by atoms with Crippen molar-refractivity contribution in [2.45, 2.75) is 6.42 Å². The van der Waals surface area contributed by atoms with E-state index in [-0.39, 0.29) is 24.8 Å². The van der Waals surface area contributed by atoms with E-state index in [1.807, 2.05) is 18.2 Å². The van der Waals surface area contributed by atoms with E-state index < -0.39 is 0 Å². The minimum Gasteiger partial charge on any atom is -0.508 e. The third kappa shape index (κ3) is 3.77. The first-order valence-corrected chi connectivity index (χ1v) is 5.01. The van der Waals surface area contributed by atoms with Gasteiger partial charge in [-0.3, -0.25) is 0 Å². The summed E-state index contributed by atoms with van der Waals surface area (Å²) in [7, 11) is 1.71. The van der Waals surface area contributed by atoms with Crippen molar-refractivity contribution >= 4 is 35.6 Å². The molecule has 2 aromatic rings. The quantitative estimate of drug-likeness (QED) is 0.927. The first kappa shape index (κ1) is 16.0. The van der Waals surface area contributed by atoms with Gasteiger partial charge in [0.1, 0.15) is 5.75 Å². The molecule has 0 radical (unpaired) electrons. The average molecular weight is 275 g/mol. The maximum atomic E-state index is 9.37. The van der Waals surface area contributed by atoms with Crippen molar-refractivity contribution in [2.24, 2.45) is 0 Å². The molecule has 4 heteroatoms. The lowest BCUT2D eigenvalue weighted by molar-refractivity contribution is 0.202. The summed E-state index contributed by atoms with van der Waals surface area (Å²) >= 11 is 0. The normalized spacial score (nSPS) is 9.47. The molecule has 94 valence electrons. The van der Waals surface area contributed by atoms with E-state index in [1.54, 1.807) is 19.2 Å². The number of rotatable bonds is 3. The molecule has 0 heterocycles. The molecule has 2 aromatic carbocycles. The fourth-order valence-electron chi connectivity index (χ4n) is 1.77. The lowest BCUT2D eigenvalue weighted by atomic mass is 10.0. The molecule has 1 N–H and O–H groups in total. The van der Waals surface area contributed by atoms with Gasteiger partial charge in [0.05, 0.1) is 6.61 Å². The van der Waals surface area contributed by atoms with Gasteiger partial charge in [0.25, 0.3) is 0 Å². The van der Waals surface area contributed by atoms with Crippen LogP contribution in [0.5, 0.6) is 5.75 Å². The first-order chi connectivity index (χ1) is 7.31. The molecule has 2 rings (SSSR count). The highest BCUT2D eigenvalue weighted by Crippen LogP contribution is 2.23.